The average Bonchev–Trinajstić information content (AvgIpc) is 2.29. The Kier molecular flexibility index (Phi) is 8.24. The summed E-state index contributed by atoms with van der Waals surface area (Å²) in [5.41, 5.74) is 0.368. The summed E-state index contributed by atoms with van der Waals surface area (Å²) in [7, 11) is 0. The third-order valence-corrected chi connectivity index (χ3v) is 2.60. The van der Waals surface area contributed by atoms with Crippen LogP contribution < -0.4 is 0 Å². The van der Waals surface area contributed by atoms with Gasteiger partial charge in [0.05, 0.1) is 12.7 Å². The van der Waals surface area contributed by atoms with Crippen molar-refractivity contribution in [2.45, 2.75) is 46.5 Å². The molecule has 3 heteroatoms. The maximum Gasteiger partial charge on any atom is 0.334 e. The van der Waals surface area contributed by atoms with Gasteiger partial charge in [0.25, 0.3) is 0 Å². The SMILES string of the molecule is CCCCC(CC)COC(=O)/C(C)=C/C#N. The van der Waals surface area contributed by atoms with Gasteiger partial charge in [0.1, 0.15) is 0 Å². The lowest BCUT2D eigenvalue weighted by molar-refractivity contribution is -0.140. The van der Waals surface area contributed by atoms with Crippen molar-refractivity contribution < 1.29 is 9.53 Å². The molecular weight excluding hydrogens is 202 g/mol. The molecule has 0 rings (SSSR count). The molecule has 16 heavy (non-hydrogen) atoms. The van der Waals surface area contributed by atoms with Gasteiger partial charge in [-0.05, 0) is 19.3 Å². The minimum Gasteiger partial charge on any atom is -0.462 e. The summed E-state index contributed by atoms with van der Waals surface area (Å²) in [6.45, 7) is 6.31. The number of esters is 1. The summed E-state index contributed by atoms with van der Waals surface area (Å²) in [4.78, 5) is 11.4. The Morgan fingerprint density at radius 3 is 2.69 bits per heavy atom. The van der Waals surface area contributed by atoms with Crippen molar-refractivity contribution in [3.63, 3.8) is 0 Å². The number of allylic oxidation sites excluding steroid dienone is 1. The molecular formula is C13H21NO2. The van der Waals surface area contributed by atoms with E-state index in [1.54, 1.807) is 6.92 Å². The Hall–Kier alpha value is -1.30. The minimum absolute atomic E-state index is 0.368. The highest BCUT2D eigenvalue weighted by Gasteiger charge is 2.10. The van der Waals surface area contributed by atoms with Gasteiger partial charge in [-0.2, -0.15) is 5.26 Å². The number of nitrogens with zero attached hydrogens (tertiary/aromatic N) is 1. The first kappa shape index (κ1) is 14.7. The van der Waals surface area contributed by atoms with Crippen LogP contribution in [0.5, 0.6) is 0 Å². The van der Waals surface area contributed by atoms with Crippen molar-refractivity contribution >= 4 is 5.97 Å². The first-order chi connectivity index (χ1) is 7.65. The molecule has 3 nitrogen and oxygen atoms in total. The summed E-state index contributed by atoms with van der Waals surface area (Å²) < 4.78 is 5.15. The summed E-state index contributed by atoms with van der Waals surface area (Å²) in [5, 5.41) is 8.39. The molecule has 0 bridgehead atoms. The van der Waals surface area contributed by atoms with Crippen LogP contribution in [0.25, 0.3) is 0 Å². The molecule has 0 N–H and O–H groups in total. The standard InChI is InChI=1S/C13H21NO2/c1-4-6-7-12(5-2)10-16-13(15)11(3)8-9-14/h8,12H,4-7,10H2,1-3H3/b11-8+. The molecule has 0 amide bonds. The molecule has 0 aromatic heterocycles. The highest BCUT2D eigenvalue weighted by Crippen LogP contribution is 2.13. The van der Waals surface area contributed by atoms with Crippen molar-refractivity contribution in [1.29, 1.82) is 5.26 Å². The average molecular weight is 223 g/mol. The lowest BCUT2D eigenvalue weighted by atomic mass is 10.0. The second-order valence-corrected chi connectivity index (χ2v) is 3.97. The number of unbranched alkanes of at least 4 members (excludes halogenated alkanes) is 1. The van der Waals surface area contributed by atoms with Gasteiger partial charge in [0, 0.05) is 11.6 Å². The lowest BCUT2D eigenvalue weighted by Crippen LogP contribution is -2.14. The molecule has 0 radical (unpaired) electrons. The third kappa shape index (κ3) is 6.23. The van der Waals surface area contributed by atoms with E-state index in [4.69, 9.17) is 10.00 Å². The maximum atomic E-state index is 11.4. The fourth-order valence-corrected chi connectivity index (χ4v) is 1.36. The monoisotopic (exact) mass is 223 g/mol. The maximum absolute atomic E-state index is 11.4. The van der Waals surface area contributed by atoms with Gasteiger partial charge >= 0.3 is 5.97 Å². The van der Waals surface area contributed by atoms with E-state index in [1.165, 1.54) is 12.5 Å². The molecule has 0 spiro atoms. The molecule has 0 saturated carbocycles. The van der Waals surface area contributed by atoms with E-state index in [-0.39, 0.29) is 5.97 Å². The smallest absolute Gasteiger partial charge is 0.334 e. The van der Waals surface area contributed by atoms with Crippen LogP contribution in [-0.2, 0) is 9.53 Å². The Bertz CT molecular complexity index is 276. The number of nitriles is 1. The van der Waals surface area contributed by atoms with Crippen molar-refractivity contribution in [2.24, 2.45) is 5.92 Å². The number of ether oxygens (including phenoxy) is 1. The fourth-order valence-electron chi connectivity index (χ4n) is 1.36. The Morgan fingerprint density at radius 2 is 2.19 bits per heavy atom. The number of hydrogen-bond donors (Lipinski definition) is 0. The van der Waals surface area contributed by atoms with Gasteiger partial charge in [-0.1, -0.05) is 33.1 Å². The van der Waals surface area contributed by atoms with E-state index in [0.717, 1.165) is 19.3 Å². The molecule has 0 heterocycles. The minimum atomic E-state index is -0.378. The topological polar surface area (TPSA) is 50.1 Å². The Morgan fingerprint density at radius 1 is 1.50 bits per heavy atom. The summed E-state index contributed by atoms with van der Waals surface area (Å²) in [5.74, 6) is 0.0651. The molecule has 0 aliphatic heterocycles. The van der Waals surface area contributed by atoms with Crippen LogP contribution in [0.15, 0.2) is 11.6 Å². The third-order valence-electron chi connectivity index (χ3n) is 2.60. The Labute approximate surface area is 98.1 Å². The van der Waals surface area contributed by atoms with Gasteiger partial charge in [0.15, 0.2) is 0 Å². The molecule has 0 aromatic rings. The van der Waals surface area contributed by atoms with Crippen molar-refractivity contribution in [3.8, 4) is 6.07 Å². The van der Waals surface area contributed by atoms with Gasteiger partial charge in [-0.15, -0.1) is 0 Å². The van der Waals surface area contributed by atoms with Crippen LogP contribution in [0.2, 0.25) is 0 Å². The second-order valence-electron chi connectivity index (χ2n) is 3.97. The molecule has 1 atom stereocenters. The molecule has 0 aromatic carbocycles. The molecule has 90 valence electrons. The normalized spacial score (nSPS) is 13.0. The van der Waals surface area contributed by atoms with Gasteiger partial charge in [-0.25, -0.2) is 4.79 Å². The zero-order valence-electron chi connectivity index (χ0n) is 10.5. The number of carbonyl (C=O) groups is 1. The van der Waals surface area contributed by atoms with Crippen molar-refractivity contribution in [2.75, 3.05) is 6.61 Å². The highest BCUT2D eigenvalue weighted by molar-refractivity contribution is 5.88. The highest BCUT2D eigenvalue weighted by atomic mass is 16.5. The zero-order chi connectivity index (χ0) is 12.4. The van der Waals surface area contributed by atoms with E-state index in [1.807, 2.05) is 6.07 Å². The van der Waals surface area contributed by atoms with Gasteiger partial charge < -0.3 is 4.74 Å². The number of rotatable bonds is 7. The molecule has 0 aliphatic rings. The summed E-state index contributed by atoms with van der Waals surface area (Å²) in [6, 6.07) is 1.82. The van der Waals surface area contributed by atoms with E-state index in [2.05, 4.69) is 13.8 Å². The molecule has 0 aliphatic carbocycles. The first-order valence-electron chi connectivity index (χ1n) is 5.89. The molecule has 0 fully saturated rings. The summed E-state index contributed by atoms with van der Waals surface area (Å²) in [6.07, 6.45) is 5.67. The number of carbonyl (C=O) groups excluding carboxylic acids is 1. The van der Waals surface area contributed by atoms with E-state index >= 15 is 0 Å². The fraction of sp³-hybridized carbons (Fsp3) is 0.692. The van der Waals surface area contributed by atoms with Gasteiger partial charge in [0.2, 0.25) is 0 Å². The van der Waals surface area contributed by atoms with E-state index in [0.29, 0.717) is 18.1 Å². The van der Waals surface area contributed by atoms with Crippen LogP contribution in [0, 0.1) is 17.2 Å². The van der Waals surface area contributed by atoms with Crippen molar-refractivity contribution in [3.05, 3.63) is 11.6 Å². The summed E-state index contributed by atoms with van der Waals surface area (Å²) >= 11 is 0. The first-order valence-corrected chi connectivity index (χ1v) is 5.89. The van der Waals surface area contributed by atoms with Crippen molar-refractivity contribution in [1.82, 2.24) is 0 Å². The predicted octanol–water partition coefficient (Wildman–Crippen LogP) is 3.22. The lowest BCUT2D eigenvalue weighted by Gasteiger charge is -2.14. The van der Waals surface area contributed by atoms with Crippen LogP contribution in [-0.4, -0.2) is 12.6 Å². The molecule has 1 unspecified atom stereocenters. The zero-order valence-corrected chi connectivity index (χ0v) is 10.5. The molecule has 0 saturated heterocycles. The van der Waals surface area contributed by atoms with Crippen LogP contribution >= 0.6 is 0 Å². The van der Waals surface area contributed by atoms with Gasteiger partial charge in [-0.3, -0.25) is 0 Å². The second kappa shape index (κ2) is 8.96. The van der Waals surface area contributed by atoms with Crippen LogP contribution in [0.3, 0.4) is 0 Å². The quantitative estimate of drug-likeness (QED) is 0.378. The largest absolute Gasteiger partial charge is 0.462 e. The van der Waals surface area contributed by atoms with Crippen LogP contribution in [0.4, 0.5) is 0 Å². The van der Waals surface area contributed by atoms with E-state index < -0.39 is 0 Å². The number of hydrogen-bond acceptors (Lipinski definition) is 3. The predicted molar refractivity (Wildman–Crippen MR) is 63.6 cm³/mol. The Balaban J connectivity index is 3.98. The van der Waals surface area contributed by atoms with Crippen LogP contribution in [0.1, 0.15) is 46.5 Å². The van der Waals surface area contributed by atoms with E-state index in [9.17, 15) is 4.79 Å².